The van der Waals surface area contributed by atoms with Crippen molar-refractivity contribution in [3.8, 4) is 17.2 Å². The van der Waals surface area contributed by atoms with Crippen LogP contribution in [0.1, 0.15) is 29.4 Å². The van der Waals surface area contributed by atoms with Gasteiger partial charge in [0, 0.05) is 13.1 Å². The molecule has 4 rings (SSSR count). The van der Waals surface area contributed by atoms with Crippen molar-refractivity contribution in [1.29, 1.82) is 0 Å². The topological polar surface area (TPSA) is 51.4 Å². The predicted octanol–water partition coefficient (Wildman–Crippen LogP) is 4.04. The summed E-state index contributed by atoms with van der Waals surface area (Å²) in [6.45, 7) is 5.13. The van der Waals surface area contributed by atoms with Gasteiger partial charge in [0.1, 0.15) is 5.75 Å². The van der Waals surface area contributed by atoms with E-state index in [2.05, 4.69) is 46.3 Å². The van der Waals surface area contributed by atoms with Crippen LogP contribution < -0.4 is 4.74 Å². The minimum atomic E-state index is 0.287. The number of hydrogen-bond acceptors (Lipinski definition) is 5. The Kier molecular flexibility index (Phi) is 4.71. The Balaban J connectivity index is 1.47. The largest absolute Gasteiger partial charge is 0.496 e. The van der Waals surface area contributed by atoms with E-state index in [1.807, 2.05) is 24.3 Å². The maximum absolute atomic E-state index is 5.99. The molecule has 1 aromatic heterocycles. The van der Waals surface area contributed by atoms with Crippen molar-refractivity contribution in [2.24, 2.45) is 0 Å². The molecule has 0 saturated carbocycles. The lowest BCUT2D eigenvalue weighted by molar-refractivity contribution is 0.319. The van der Waals surface area contributed by atoms with Gasteiger partial charge in [-0.2, -0.15) is 0 Å². The molecule has 0 bridgehead atoms. The smallest absolute Gasteiger partial charge is 0.251 e. The molecule has 0 N–H and O–H groups in total. The van der Waals surface area contributed by atoms with Crippen LogP contribution in [0.5, 0.6) is 5.75 Å². The van der Waals surface area contributed by atoms with Crippen LogP contribution in [0, 0.1) is 6.92 Å². The molecule has 1 aliphatic rings. The molecule has 0 radical (unpaired) electrons. The first kappa shape index (κ1) is 16.8. The number of methoxy groups -OCH3 is 1. The van der Waals surface area contributed by atoms with E-state index in [-0.39, 0.29) is 5.92 Å². The third kappa shape index (κ3) is 3.35. The molecule has 0 spiro atoms. The number of benzene rings is 2. The van der Waals surface area contributed by atoms with Crippen LogP contribution in [0.2, 0.25) is 0 Å². The molecule has 1 saturated heterocycles. The molecular formula is C21H23N3O2. The minimum absolute atomic E-state index is 0.287. The summed E-state index contributed by atoms with van der Waals surface area (Å²) in [5.41, 5.74) is 3.56. The van der Waals surface area contributed by atoms with E-state index in [0.29, 0.717) is 5.89 Å². The number of aryl methyl sites for hydroxylation is 1. The van der Waals surface area contributed by atoms with Crippen molar-refractivity contribution in [1.82, 2.24) is 15.1 Å². The fraction of sp³-hybridized carbons (Fsp3) is 0.333. The molecule has 26 heavy (non-hydrogen) atoms. The summed E-state index contributed by atoms with van der Waals surface area (Å²) in [6, 6.07) is 16.3. The maximum atomic E-state index is 5.99. The monoisotopic (exact) mass is 349 g/mol. The van der Waals surface area contributed by atoms with Gasteiger partial charge in [-0.3, -0.25) is 4.90 Å². The molecule has 1 unspecified atom stereocenters. The zero-order chi connectivity index (χ0) is 17.9. The number of hydrogen-bond donors (Lipinski definition) is 0. The Morgan fingerprint density at radius 1 is 1.12 bits per heavy atom. The average Bonchev–Trinajstić information content (AvgIpc) is 3.33. The van der Waals surface area contributed by atoms with Gasteiger partial charge in [0.25, 0.3) is 5.89 Å². The van der Waals surface area contributed by atoms with Crippen LogP contribution in [0.25, 0.3) is 11.5 Å². The van der Waals surface area contributed by atoms with Crippen molar-refractivity contribution in [2.45, 2.75) is 25.8 Å². The van der Waals surface area contributed by atoms with Gasteiger partial charge in [-0.05, 0) is 43.1 Å². The molecule has 2 heterocycles. The molecule has 3 aromatic rings. The Bertz CT molecular complexity index is 890. The normalized spacial score (nSPS) is 17.5. The molecule has 1 aliphatic heterocycles. The SMILES string of the molecule is COc1ccccc1-c1nnc(C2CCN(Cc3ccccc3C)C2)o1. The minimum Gasteiger partial charge on any atom is -0.496 e. The Hall–Kier alpha value is -2.66. The van der Waals surface area contributed by atoms with Gasteiger partial charge in [-0.1, -0.05) is 36.4 Å². The van der Waals surface area contributed by atoms with Crippen LogP contribution in [-0.4, -0.2) is 35.3 Å². The van der Waals surface area contributed by atoms with Crippen molar-refractivity contribution in [3.05, 3.63) is 65.5 Å². The zero-order valence-corrected chi connectivity index (χ0v) is 15.2. The lowest BCUT2D eigenvalue weighted by Crippen LogP contribution is -2.20. The third-order valence-electron chi connectivity index (χ3n) is 5.05. The summed E-state index contributed by atoms with van der Waals surface area (Å²) < 4.78 is 11.4. The second-order valence-electron chi connectivity index (χ2n) is 6.79. The first-order valence-electron chi connectivity index (χ1n) is 8.98. The number of ether oxygens (including phenoxy) is 1. The Morgan fingerprint density at radius 2 is 1.92 bits per heavy atom. The van der Waals surface area contributed by atoms with Gasteiger partial charge in [-0.25, -0.2) is 0 Å². The van der Waals surface area contributed by atoms with Crippen LogP contribution in [0.4, 0.5) is 0 Å². The summed E-state index contributed by atoms with van der Waals surface area (Å²) in [5.74, 6) is 2.28. The molecule has 1 atom stereocenters. The second kappa shape index (κ2) is 7.30. The van der Waals surface area contributed by atoms with E-state index in [1.54, 1.807) is 7.11 Å². The number of rotatable bonds is 5. The molecular weight excluding hydrogens is 326 g/mol. The number of para-hydroxylation sites is 1. The molecule has 5 nitrogen and oxygen atoms in total. The van der Waals surface area contributed by atoms with Crippen molar-refractivity contribution >= 4 is 0 Å². The molecule has 0 amide bonds. The Labute approximate surface area is 153 Å². The fourth-order valence-electron chi connectivity index (χ4n) is 3.54. The summed E-state index contributed by atoms with van der Waals surface area (Å²) in [7, 11) is 1.65. The number of aromatic nitrogens is 2. The van der Waals surface area contributed by atoms with Crippen LogP contribution in [0.15, 0.2) is 52.9 Å². The second-order valence-corrected chi connectivity index (χ2v) is 6.79. The molecule has 5 heteroatoms. The van der Waals surface area contributed by atoms with E-state index in [1.165, 1.54) is 11.1 Å². The highest BCUT2D eigenvalue weighted by Crippen LogP contribution is 2.32. The molecule has 0 aliphatic carbocycles. The molecule has 1 fully saturated rings. The lowest BCUT2D eigenvalue weighted by Gasteiger charge is -2.16. The van der Waals surface area contributed by atoms with E-state index < -0.39 is 0 Å². The van der Waals surface area contributed by atoms with E-state index in [4.69, 9.17) is 9.15 Å². The molecule has 134 valence electrons. The van der Waals surface area contributed by atoms with Gasteiger partial charge in [0.2, 0.25) is 5.89 Å². The Morgan fingerprint density at radius 3 is 2.77 bits per heavy atom. The summed E-state index contributed by atoms with van der Waals surface area (Å²) in [5, 5.41) is 8.56. The van der Waals surface area contributed by atoms with E-state index >= 15 is 0 Å². The van der Waals surface area contributed by atoms with Gasteiger partial charge in [0.15, 0.2) is 0 Å². The van der Waals surface area contributed by atoms with Crippen molar-refractivity contribution in [3.63, 3.8) is 0 Å². The number of likely N-dealkylation sites (tertiary alicyclic amines) is 1. The molecule has 2 aromatic carbocycles. The van der Waals surface area contributed by atoms with E-state index in [9.17, 15) is 0 Å². The van der Waals surface area contributed by atoms with Gasteiger partial charge in [-0.15, -0.1) is 10.2 Å². The van der Waals surface area contributed by atoms with Crippen molar-refractivity contribution in [2.75, 3.05) is 20.2 Å². The van der Waals surface area contributed by atoms with Crippen LogP contribution in [-0.2, 0) is 6.54 Å². The van der Waals surface area contributed by atoms with Gasteiger partial charge < -0.3 is 9.15 Å². The summed E-state index contributed by atoms with van der Waals surface area (Å²) >= 11 is 0. The highest BCUT2D eigenvalue weighted by Gasteiger charge is 2.28. The predicted molar refractivity (Wildman–Crippen MR) is 100 cm³/mol. The summed E-state index contributed by atoms with van der Waals surface area (Å²) in [6.07, 6.45) is 1.04. The quantitative estimate of drug-likeness (QED) is 0.696. The maximum Gasteiger partial charge on any atom is 0.251 e. The average molecular weight is 349 g/mol. The van der Waals surface area contributed by atoms with Crippen LogP contribution >= 0.6 is 0 Å². The highest BCUT2D eigenvalue weighted by atomic mass is 16.5. The van der Waals surface area contributed by atoms with Gasteiger partial charge in [0.05, 0.1) is 18.6 Å². The summed E-state index contributed by atoms with van der Waals surface area (Å²) in [4.78, 5) is 2.46. The highest BCUT2D eigenvalue weighted by molar-refractivity contribution is 5.62. The standard InChI is InChI=1S/C21H23N3O2/c1-15-7-3-4-8-16(15)13-24-12-11-17(14-24)20-22-23-21(26-20)18-9-5-6-10-19(18)25-2/h3-10,17H,11-14H2,1-2H3. The van der Waals surface area contributed by atoms with E-state index in [0.717, 1.165) is 43.3 Å². The fourth-order valence-corrected chi connectivity index (χ4v) is 3.54. The van der Waals surface area contributed by atoms with Gasteiger partial charge >= 0.3 is 0 Å². The lowest BCUT2D eigenvalue weighted by atomic mass is 10.1. The third-order valence-corrected chi connectivity index (χ3v) is 5.05. The first-order valence-corrected chi connectivity index (χ1v) is 8.98. The zero-order valence-electron chi connectivity index (χ0n) is 15.2. The van der Waals surface area contributed by atoms with Crippen molar-refractivity contribution < 1.29 is 9.15 Å². The first-order chi connectivity index (χ1) is 12.7. The number of nitrogens with zero attached hydrogens (tertiary/aromatic N) is 3. The van der Waals surface area contributed by atoms with Crippen LogP contribution in [0.3, 0.4) is 0 Å².